The summed E-state index contributed by atoms with van der Waals surface area (Å²) in [6.45, 7) is 4.05. The molecule has 0 amide bonds. The monoisotopic (exact) mass is 306 g/mol. The molecule has 0 unspecified atom stereocenters. The van der Waals surface area contributed by atoms with E-state index >= 15 is 0 Å². The predicted octanol–water partition coefficient (Wildman–Crippen LogP) is 3.52. The smallest absolute Gasteiger partial charge is 0.119 e. The van der Waals surface area contributed by atoms with Crippen LogP contribution >= 0.6 is 0 Å². The van der Waals surface area contributed by atoms with Gasteiger partial charge in [-0.2, -0.15) is 5.10 Å². The molecule has 0 saturated heterocycles. The van der Waals surface area contributed by atoms with E-state index in [1.54, 1.807) is 0 Å². The molecule has 0 atom stereocenters. The molecular weight excluding hydrogens is 284 g/mol. The first-order chi connectivity index (χ1) is 11.0. The van der Waals surface area contributed by atoms with Gasteiger partial charge in [0.15, 0.2) is 0 Å². The number of aromatic nitrogens is 2. The molecule has 0 aliphatic rings. The predicted molar refractivity (Wildman–Crippen MR) is 92.3 cm³/mol. The Morgan fingerprint density at radius 1 is 0.913 bits per heavy atom. The van der Waals surface area contributed by atoms with Crippen molar-refractivity contribution in [2.75, 3.05) is 0 Å². The largest absolute Gasteiger partial charge is 0.380 e. The fraction of sp³-hybridized carbons (Fsp3) is 0.250. The second kappa shape index (κ2) is 6.01. The van der Waals surface area contributed by atoms with E-state index in [1.807, 2.05) is 86.2 Å². The number of hydrogen-bond donors (Lipinski definition) is 1. The highest BCUT2D eigenvalue weighted by Gasteiger charge is 2.33. The van der Waals surface area contributed by atoms with E-state index < -0.39 is 5.60 Å². The van der Waals surface area contributed by atoms with Crippen molar-refractivity contribution in [1.82, 2.24) is 9.78 Å². The van der Waals surface area contributed by atoms with Gasteiger partial charge in [0.05, 0.1) is 5.69 Å². The molecule has 0 bridgehead atoms. The molecule has 1 heterocycles. The minimum absolute atomic E-state index is 0.506. The van der Waals surface area contributed by atoms with Crippen molar-refractivity contribution in [3.05, 3.63) is 88.7 Å². The minimum Gasteiger partial charge on any atom is -0.380 e. The molecule has 3 heteroatoms. The summed E-state index contributed by atoms with van der Waals surface area (Å²) < 4.78 is 1.88. The van der Waals surface area contributed by atoms with Gasteiger partial charge in [0, 0.05) is 19.2 Å². The van der Waals surface area contributed by atoms with E-state index in [0.717, 1.165) is 28.1 Å². The molecule has 23 heavy (non-hydrogen) atoms. The zero-order valence-electron chi connectivity index (χ0n) is 13.8. The zero-order valence-corrected chi connectivity index (χ0v) is 13.8. The highest BCUT2D eigenvalue weighted by molar-refractivity contribution is 5.40. The molecular formula is C20H22N2O. The summed E-state index contributed by atoms with van der Waals surface area (Å²) in [5.74, 6) is 0. The molecule has 0 aliphatic carbocycles. The Hall–Kier alpha value is -2.39. The van der Waals surface area contributed by atoms with Gasteiger partial charge in [-0.25, -0.2) is 0 Å². The highest BCUT2D eigenvalue weighted by atomic mass is 16.3. The molecule has 1 aromatic heterocycles. The lowest BCUT2D eigenvalue weighted by Gasteiger charge is -2.30. The van der Waals surface area contributed by atoms with Gasteiger partial charge in [-0.3, -0.25) is 4.68 Å². The van der Waals surface area contributed by atoms with E-state index in [0.29, 0.717) is 6.42 Å². The first kappa shape index (κ1) is 15.5. The van der Waals surface area contributed by atoms with Gasteiger partial charge in [0.2, 0.25) is 0 Å². The standard InChI is InChI=1S/C20H22N2O/c1-15-19(16(2)22(3)21-15)14-20(23,17-10-6-4-7-11-17)18-12-8-5-9-13-18/h4-13,23H,14H2,1-3H3. The minimum atomic E-state index is -1.07. The van der Waals surface area contributed by atoms with E-state index in [1.165, 1.54) is 0 Å². The van der Waals surface area contributed by atoms with Gasteiger partial charge in [0.1, 0.15) is 5.60 Å². The lowest BCUT2D eigenvalue weighted by Crippen LogP contribution is -2.30. The molecule has 0 spiro atoms. The third-order valence-corrected chi connectivity index (χ3v) is 4.59. The van der Waals surface area contributed by atoms with Gasteiger partial charge in [-0.1, -0.05) is 60.7 Å². The Balaban J connectivity index is 2.13. The summed E-state index contributed by atoms with van der Waals surface area (Å²) in [4.78, 5) is 0. The molecule has 3 aromatic rings. The Morgan fingerprint density at radius 2 is 1.39 bits per heavy atom. The number of aliphatic hydroxyl groups is 1. The van der Waals surface area contributed by atoms with Crippen LogP contribution in [-0.2, 0) is 19.1 Å². The molecule has 118 valence electrons. The van der Waals surface area contributed by atoms with Crippen LogP contribution in [0.5, 0.6) is 0 Å². The topological polar surface area (TPSA) is 38.0 Å². The average molecular weight is 306 g/mol. The van der Waals surface area contributed by atoms with E-state index in [9.17, 15) is 5.11 Å². The second-order valence-electron chi connectivity index (χ2n) is 6.04. The van der Waals surface area contributed by atoms with Crippen molar-refractivity contribution >= 4 is 0 Å². The fourth-order valence-corrected chi connectivity index (χ4v) is 3.13. The second-order valence-corrected chi connectivity index (χ2v) is 6.04. The van der Waals surface area contributed by atoms with Crippen LogP contribution in [-0.4, -0.2) is 14.9 Å². The van der Waals surface area contributed by atoms with Crippen LogP contribution in [0.15, 0.2) is 60.7 Å². The van der Waals surface area contributed by atoms with Gasteiger partial charge >= 0.3 is 0 Å². The van der Waals surface area contributed by atoms with E-state index in [4.69, 9.17) is 0 Å². The Morgan fingerprint density at radius 3 is 1.78 bits per heavy atom. The lowest BCUT2D eigenvalue weighted by molar-refractivity contribution is 0.0808. The lowest BCUT2D eigenvalue weighted by atomic mass is 9.81. The summed E-state index contributed by atoms with van der Waals surface area (Å²) in [5, 5.41) is 16.1. The molecule has 0 radical (unpaired) electrons. The van der Waals surface area contributed by atoms with Gasteiger partial charge in [-0.05, 0) is 30.5 Å². The maximum absolute atomic E-state index is 11.6. The maximum atomic E-state index is 11.6. The number of benzene rings is 2. The van der Waals surface area contributed by atoms with Crippen LogP contribution in [0.4, 0.5) is 0 Å². The SMILES string of the molecule is Cc1nn(C)c(C)c1CC(O)(c1ccccc1)c1ccccc1. The van der Waals surface area contributed by atoms with Crippen molar-refractivity contribution in [3.63, 3.8) is 0 Å². The van der Waals surface area contributed by atoms with Crippen LogP contribution in [0.2, 0.25) is 0 Å². The molecule has 2 aromatic carbocycles. The average Bonchev–Trinajstić information content (AvgIpc) is 2.82. The number of nitrogens with zero attached hydrogens (tertiary/aromatic N) is 2. The third-order valence-electron chi connectivity index (χ3n) is 4.59. The van der Waals surface area contributed by atoms with E-state index in [-0.39, 0.29) is 0 Å². The van der Waals surface area contributed by atoms with Gasteiger partial charge in [-0.15, -0.1) is 0 Å². The van der Waals surface area contributed by atoms with Gasteiger partial charge in [0.25, 0.3) is 0 Å². The quantitative estimate of drug-likeness (QED) is 0.801. The maximum Gasteiger partial charge on any atom is 0.119 e. The molecule has 0 aliphatic heterocycles. The summed E-state index contributed by atoms with van der Waals surface area (Å²) >= 11 is 0. The molecule has 1 N–H and O–H groups in total. The summed E-state index contributed by atoms with van der Waals surface area (Å²) in [5.41, 5.74) is 3.88. The molecule has 3 rings (SSSR count). The summed E-state index contributed by atoms with van der Waals surface area (Å²) in [6.07, 6.45) is 0.506. The first-order valence-electron chi connectivity index (χ1n) is 7.85. The molecule has 0 saturated carbocycles. The van der Waals surface area contributed by atoms with Crippen LogP contribution in [0.3, 0.4) is 0 Å². The van der Waals surface area contributed by atoms with Crippen LogP contribution in [0.1, 0.15) is 28.1 Å². The molecule has 0 fully saturated rings. The Kier molecular flexibility index (Phi) is 4.05. The van der Waals surface area contributed by atoms with Crippen molar-refractivity contribution in [2.24, 2.45) is 7.05 Å². The summed E-state index contributed by atoms with van der Waals surface area (Å²) in [6, 6.07) is 19.7. The van der Waals surface area contributed by atoms with Crippen molar-refractivity contribution < 1.29 is 5.11 Å². The van der Waals surface area contributed by atoms with Crippen molar-refractivity contribution in [1.29, 1.82) is 0 Å². The third kappa shape index (κ3) is 2.80. The van der Waals surface area contributed by atoms with Crippen LogP contribution < -0.4 is 0 Å². The number of aryl methyl sites for hydroxylation is 2. The van der Waals surface area contributed by atoms with Crippen molar-refractivity contribution in [3.8, 4) is 0 Å². The van der Waals surface area contributed by atoms with Crippen molar-refractivity contribution in [2.45, 2.75) is 25.9 Å². The number of rotatable bonds is 4. The Bertz CT molecular complexity index is 752. The van der Waals surface area contributed by atoms with Crippen LogP contribution in [0, 0.1) is 13.8 Å². The number of hydrogen-bond acceptors (Lipinski definition) is 2. The first-order valence-corrected chi connectivity index (χ1v) is 7.85. The van der Waals surface area contributed by atoms with E-state index in [2.05, 4.69) is 5.10 Å². The normalized spacial score (nSPS) is 11.7. The van der Waals surface area contributed by atoms with Gasteiger partial charge < -0.3 is 5.11 Å². The van der Waals surface area contributed by atoms with Crippen LogP contribution in [0.25, 0.3) is 0 Å². The fourth-order valence-electron chi connectivity index (χ4n) is 3.13. The summed E-state index contributed by atoms with van der Waals surface area (Å²) in [7, 11) is 1.94. The zero-order chi connectivity index (χ0) is 16.4. The highest BCUT2D eigenvalue weighted by Crippen LogP contribution is 2.34. The molecule has 3 nitrogen and oxygen atoms in total. The Labute approximate surface area is 137 Å².